The lowest BCUT2D eigenvalue weighted by Gasteiger charge is -2.29. The number of rotatable bonds is 17. The van der Waals surface area contributed by atoms with Crippen molar-refractivity contribution in [2.24, 2.45) is 7.05 Å². The summed E-state index contributed by atoms with van der Waals surface area (Å²) < 4.78 is 8.48. The Bertz CT molecular complexity index is 922. The number of aryl methyl sites for hydroxylation is 1. The van der Waals surface area contributed by atoms with Gasteiger partial charge in [-0.2, -0.15) is 0 Å². The fraction of sp³-hybridized carbons (Fsp3) is 0.636. The van der Waals surface area contributed by atoms with Crippen LogP contribution >= 0.6 is 0 Å². The zero-order chi connectivity index (χ0) is 27.1. The van der Waals surface area contributed by atoms with E-state index in [0.29, 0.717) is 13.2 Å². The number of halogens is 1. The molecule has 0 aliphatic rings. The molecule has 0 saturated heterocycles. The highest BCUT2D eigenvalue weighted by atomic mass is 127. The van der Waals surface area contributed by atoms with E-state index >= 15 is 0 Å². The first-order valence-electron chi connectivity index (χ1n) is 14.7. The Morgan fingerprint density at radius 3 is 1.87 bits per heavy atom. The third kappa shape index (κ3) is 12.5. The Hall–Kier alpha value is -1.63. The summed E-state index contributed by atoms with van der Waals surface area (Å²) in [5, 5.41) is 0. The van der Waals surface area contributed by atoms with Gasteiger partial charge in [-0.1, -0.05) is 110 Å². The van der Waals surface area contributed by atoms with Gasteiger partial charge >= 0.3 is 0 Å². The van der Waals surface area contributed by atoms with E-state index in [1.165, 1.54) is 70.6 Å². The molecule has 4 nitrogen and oxygen atoms in total. The number of carbonyl (C=O) groups excluding carboxylic acids is 1. The standard InChI is InChI=1S/C33H53N2O2.HI/c1-7-8-9-10-11-12-13-14-15-16-17-18-26-37-32-30(33(3,4)5)20-19-21-31(32)35(28(2)36)27-29-22-24-34(6)25-23-29;/h19-25H,7-18,26-27H2,1-6H3;1H/q+1;/p-1. The molecule has 0 unspecified atom stereocenters. The van der Waals surface area contributed by atoms with Gasteiger partial charge in [0.2, 0.25) is 5.91 Å². The number of amides is 1. The molecule has 1 amide bonds. The number of ether oxygens (including phenoxy) is 1. The van der Waals surface area contributed by atoms with Gasteiger partial charge in [0.05, 0.1) is 18.8 Å². The van der Waals surface area contributed by atoms with Crippen LogP contribution < -0.4 is 38.2 Å². The number of unbranched alkanes of at least 4 members (excludes halogenated alkanes) is 11. The monoisotopic (exact) mass is 636 g/mol. The minimum Gasteiger partial charge on any atom is -1.00 e. The maximum atomic E-state index is 12.8. The van der Waals surface area contributed by atoms with Crippen molar-refractivity contribution in [2.75, 3.05) is 11.5 Å². The minimum atomic E-state index is -0.0785. The zero-order valence-electron chi connectivity index (χ0n) is 25.0. The Labute approximate surface area is 250 Å². The lowest BCUT2D eigenvalue weighted by molar-refractivity contribution is -0.671. The molecule has 214 valence electrons. The normalized spacial score (nSPS) is 11.2. The van der Waals surface area contributed by atoms with E-state index in [4.69, 9.17) is 4.74 Å². The predicted octanol–water partition coefficient (Wildman–Crippen LogP) is 5.45. The highest BCUT2D eigenvalue weighted by Gasteiger charge is 2.25. The highest BCUT2D eigenvalue weighted by molar-refractivity contribution is 5.93. The van der Waals surface area contributed by atoms with E-state index in [1.54, 1.807) is 6.92 Å². The van der Waals surface area contributed by atoms with Gasteiger partial charge in [0.15, 0.2) is 12.4 Å². The number of para-hydroxylation sites is 1. The average molecular weight is 637 g/mol. The van der Waals surface area contributed by atoms with Crippen LogP contribution in [0.25, 0.3) is 0 Å². The summed E-state index contributed by atoms with van der Waals surface area (Å²) >= 11 is 0. The number of pyridine rings is 1. The summed E-state index contributed by atoms with van der Waals surface area (Å²) in [6, 6.07) is 10.3. The molecular formula is C33H53IN2O2. The molecule has 0 atom stereocenters. The molecule has 1 heterocycles. The van der Waals surface area contributed by atoms with Crippen molar-refractivity contribution in [1.82, 2.24) is 0 Å². The predicted molar refractivity (Wildman–Crippen MR) is 156 cm³/mol. The molecular weight excluding hydrogens is 583 g/mol. The summed E-state index contributed by atoms with van der Waals surface area (Å²) in [5.74, 6) is 0.879. The van der Waals surface area contributed by atoms with Crippen molar-refractivity contribution in [1.29, 1.82) is 0 Å². The van der Waals surface area contributed by atoms with Gasteiger partial charge in [-0.05, 0) is 23.5 Å². The quantitative estimate of drug-likeness (QED) is 0.132. The Kier molecular flexibility index (Phi) is 16.9. The van der Waals surface area contributed by atoms with Crippen LogP contribution in [0, 0.1) is 0 Å². The molecule has 0 N–H and O–H groups in total. The van der Waals surface area contributed by atoms with Crippen molar-refractivity contribution in [3.05, 3.63) is 53.9 Å². The summed E-state index contributed by atoms with van der Waals surface area (Å²) in [4.78, 5) is 14.6. The minimum absolute atomic E-state index is 0. The van der Waals surface area contributed by atoms with E-state index in [2.05, 4.69) is 45.9 Å². The number of hydrogen-bond acceptors (Lipinski definition) is 2. The van der Waals surface area contributed by atoms with Crippen LogP contribution in [0.2, 0.25) is 0 Å². The third-order valence-electron chi connectivity index (χ3n) is 7.11. The lowest BCUT2D eigenvalue weighted by Crippen LogP contribution is -3.00. The zero-order valence-corrected chi connectivity index (χ0v) is 27.2. The van der Waals surface area contributed by atoms with Gasteiger partial charge in [-0.3, -0.25) is 4.79 Å². The van der Waals surface area contributed by atoms with Crippen molar-refractivity contribution in [3.8, 4) is 5.75 Å². The van der Waals surface area contributed by atoms with Gasteiger partial charge in [-0.15, -0.1) is 0 Å². The summed E-state index contributed by atoms with van der Waals surface area (Å²) in [6.45, 7) is 11.7. The molecule has 0 aliphatic carbocycles. The second kappa shape index (κ2) is 18.6. The molecule has 38 heavy (non-hydrogen) atoms. The molecule has 1 aromatic carbocycles. The van der Waals surface area contributed by atoms with Crippen LogP contribution in [0.1, 0.15) is 123 Å². The number of carbonyl (C=O) groups is 1. The van der Waals surface area contributed by atoms with Gasteiger partial charge in [-0.25, -0.2) is 4.57 Å². The molecule has 2 rings (SSSR count). The van der Waals surface area contributed by atoms with Crippen LogP contribution in [0.4, 0.5) is 5.69 Å². The first-order chi connectivity index (χ1) is 17.7. The SMILES string of the molecule is CCCCCCCCCCCCCCOc1c(N(Cc2cc[n+](C)cc2)C(C)=O)cccc1C(C)(C)C.[I-]. The largest absolute Gasteiger partial charge is 1.00 e. The molecule has 0 saturated carbocycles. The van der Waals surface area contributed by atoms with Crippen LogP contribution in [0.3, 0.4) is 0 Å². The van der Waals surface area contributed by atoms with E-state index in [-0.39, 0.29) is 35.3 Å². The molecule has 1 aromatic heterocycles. The fourth-order valence-corrected chi connectivity index (χ4v) is 4.78. The molecule has 0 fully saturated rings. The smallest absolute Gasteiger partial charge is 0.224 e. The highest BCUT2D eigenvalue weighted by Crippen LogP contribution is 2.39. The molecule has 0 bridgehead atoms. The summed E-state index contributed by atoms with van der Waals surface area (Å²) in [5.41, 5.74) is 3.04. The Morgan fingerprint density at radius 2 is 1.37 bits per heavy atom. The summed E-state index contributed by atoms with van der Waals surface area (Å²) in [6.07, 6.45) is 20.0. The molecule has 5 heteroatoms. The van der Waals surface area contributed by atoms with Gasteiger partial charge in [0, 0.05) is 24.6 Å². The van der Waals surface area contributed by atoms with Gasteiger partial charge < -0.3 is 33.6 Å². The first kappa shape index (κ1) is 34.4. The number of anilines is 1. The van der Waals surface area contributed by atoms with Crippen LogP contribution in [-0.4, -0.2) is 12.5 Å². The molecule has 0 aliphatic heterocycles. The van der Waals surface area contributed by atoms with Crippen molar-refractivity contribution in [2.45, 2.75) is 124 Å². The van der Waals surface area contributed by atoms with Crippen LogP contribution in [0.15, 0.2) is 42.7 Å². The first-order valence-corrected chi connectivity index (χ1v) is 14.7. The lowest BCUT2D eigenvalue weighted by atomic mass is 9.85. The Balaban J connectivity index is 0.00000722. The maximum absolute atomic E-state index is 12.8. The number of aromatic nitrogens is 1. The third-order valence-corrected chi connectivity index (χ3v) is 7.11. The second-order valence-electron chi connectivity index (χ2n) is 11.6. The van der Waals surface area contributed by atoms with Crippen molar-refractivity contribution >= 4 is 11.6 Å². The van der Waals surface area contributed by atoms with E-state index in [9.17, 15) is 4.79 Å². The molecule has 0 radical (unpaired) electrons. The fourth-order valence-electron chi connectivity index (χ4n) is 4.78. The number of benzene rings is 1. The maximum Gasteiger partial charge on any atom is 0.224 e. The van der Waals surface area contributed by atoms with Crippen LogP contribution in [0.5, 0.6) is 5.75 Å². The number of hydrogen-bond donors (Lipinski definition) is 0. The van der Waals surface area contributed by atoms with Crippen molar-refractivity contribution < 1.29 is 38.1 Å². The topological polar surface area (TPSA) is 33.4 Å². The van der Waals surface area contributed by atoms with E-state index < -0.39 is 0 Å². The molecule has 2 aromatic rings. The average Bonchev–Trinajstić information content (AvgIpc) is 2.85. The summed E-state index contributed by atoms with van der Waals surface area (Å²) in [7, 11) is 2.00. The van der Waals surface area contributed by atoms with E-state index in [1.807, 2.05) is 41.0 Å². The van der Waals surface area contributed by atoms with Gasteiger partial charge in [0.25, 0.3) is 0 Å². The van der Waals surface area contributed by atoms with Crippen LogP contribution in [-0.2, 0) is 23.8 Å². The Morgan fingerprint density at radius 1 is 0.842 bits per heavy atom. The van der Waals surface area contributed by atoms with Crippen molar-refractivity contribution in [3.63, 3.8) is 0 Å². The molecule has 0 spiro atoms. The second-order valence-corrected chi connectivity index (χ2v) is 11.6. The van der Waals surface area contributed by atoms with Gasteiger partial charge in [0.1, 0.15) is 12.8 Å². The van der Waals surface area contributed by atoms with E-state index in [0.717, 1.165) is 29.0 Å². The number of nitrogens with zero attached hydrogens (tertiary/aromatic N) is 2.